The van der Waals surface area contributed by atoms with E-state index < -0.39 is 20.9 Å². The lowest BCUT2D eigenvalue weighted by Gasteiger charge is -2.12. The van der Waals surface area contributed by atoms with Gasteiger partial charge in [0.2, 0.25) is 0 Å². The molecule has 154 valence electrons. The van der Waals surface area contributed by atoms with Crippen molar-refractivity contribution in [1.82, 2.24) is 4.98 Å². The Hall–Kier alpha value is -3.99. The topological polar surface area (TPSA) is 141 Å². The zero-order valence-electron chi connectivity index (χ0n) is 15.6. The number of nitrogens with zero attached hydrogens (tertiary/aromatic N) is 2. The first-order chi connectivity index (χ1) is 14.3. The molecule has 0 aliphatic rings. The van der Waals surface area contributed by atoms with Crippen LogP contribution in [0.5, 0.6) is 5.75 Å². The van der Waals surface area contributed by atoms with Crippen molar-refractivity contribution in [3.63, 3.8) is 0 Å². The Bertz CT molecular complexity index is 1180. The van der Waals surface area contributed by atoms with Gasteiger partial charge in [-0.15, -0.1) is 0 Å². The van der Waals surface area contributed by atoms with Gasteiger partial charge in [0.1, 0.15) is 11.6 Å². The number of hydrogen-bond acceptors (Lipinski definition) is 7. The normalized spacial score (nSPS) is 10.8. The summed E-state index contributed by atoms with van der Waals surface area (Å²) in [6, 6.07) is 13.8. The lowest BCUT2D eigenvalue weighted by Crippen LogP contribution is -2.15. The van der Waals surface area contributed by atoms with Crippen LogP contribution < -0.4 is 14.8 Å². The maximum absolute atomic E-state index is 12.7. The third-order valence-corrected chi connectivity index (χ3v) is 5.35. The van der Waals surface area contributed by atoms with Gasteiger partial charge >= 0.3 is 0 Å². The minimum absolute atomic E-state index is 0.0799. The van der Waals surface area contributed by atoms with E-state index in [1.54, 1.807) is 18.2 Å². The molecule has 3 rings (SSSR count). The fourth-order valence-corrected chi connectivity index (χ4v) is 3.56. The molecule has 0 atom stereocenters. The van der Waals surface area contributed by atoms with Gasteiger partial charge in [-0.1, -0.05) is 6.07 Å². The van der Waals surface area contributed by atoms with Gasteiger partial charge in [0.05, 0.1) is 22.6 Å². The van der Waals surface area contributed by atoms with Crippen LogP contribution in [0.15, 0.2) is 71.8 Å². The van der Waals surface area contributed by atoms with Crippen LogP contribution in [0.25, 0.3) is 0 Å². The molecule has 1 aromatic heterocycles. The summed E-state index contributed by atoms with van der Waals surface area (Å²) in [4.78, 5) is 26.4. The average Bonchev–Trinajstić information content (AvgIpc) is 2.74. The van der Waals surface area contributed by atoms with Crippen LogP contribution in [0, 0.1) is 10.1 Å². The number of rotatable bonds is 7. The molecule has 1 amide bonds. The number of anilines is 2. The highest BCUT2D eigenvalue weighted by molar-refractivity contribution is 7.92. The number of nitrogens with one attached hydrogen (secondary N) is 2. The number of aromatic nitrogens is 1. The lowest BCUT2D eigenvalue weighted by molar-refractivity contribution is -0.384. The summed E-state index contributed by atoms with van der Waals surface area (Å²) in [5.74, 6) is 0.0279. The van der Waals surface area contributed by atoms with Crippen LogP contribution in [-0.4, -0.2) is 31.3 Å². The second-order valence-electron chi connectivity index (χ2n) is 5.94. The zero-order valence-corrected chi connectivity index (χ0v) is 16.4. The van der Waals surface area contributed by atoms with E-state index in [1.165, 1.54) is 49.7 Å². The summed E-state index contributed by atoms with van der Waals surface area (Å²) < 4.78 is 32.7. The first kappa shape index (κ1) is 20.7. The number of benzene rings is 2. The Morgan fingerprint density at radius 1 is 1.10 bits per heavy atom. The first-order valence-electron chi connectivity index (χ1n) is 8.48. The largest absolute Gasteiger partial charge is 0.495 e. The number of carbonyl (C=O) groups excluding carboxylic acids is 1. The molecule has 3 aromatic rings. The van der Waals surface area contributed by atoms with Crippen molar-refractivity contribution in [2.24, 2.45) is 0 Å². The smallest absolute Gasteiger partial charge is 0.271 e. The predicted molar refractivity (Wildman–Crippen MR) is 109 cm³/mol. The van der Waals surface area contributed by atoms with Crippen molar-refractivity contribution >= 4 is 33.1 Å². The maximum atomic E-state index is 12.7. The molecule has 0 saturated heterocycles. The number of nitro groups is 1. The van der Waals surface area contributed by atoms with E-state index in [1.807, 2.05) is 0 Å². The van der Waals surface area contributed by atoms with E-state index in [0.717, 1.165) is 6.07 Å². The summed E-state index contributed by atoms with van der Waals surface area (Å²) in [6.45, 7) is 0. The molecule has 11 heteroatoms. The van der Waals surface area contributed by atoms with Gasteiger partial charge in [-0.25, -0.2) is 13.4 Å². The molecule has 0 saturated carbocycles. The fraction of sp³-hybridized carbons (Fsp3) is 0.0526. The number of methoxy groups -OCH3 is 1. The molecule has 0 radical (unpaired) electrons. The van der Waals surface area contributed by atoms with Crippen molar-refractivity contribution < 1.29 is 22.9 Å². The predicted octanol–water partition coefficient (Wildman–Crippen LogP) is 3.05. The molecule has 2 aromatic carbocycles. The average molecular weight is 428 g/mol. The van der Waals surface area contributed by atoms with E-state index in [2.05, 4.69) is 15.0 Å². The summed E-state index contributed by atoms with van der Waals surface area (Å²) in [5.41, 5.74) is -0.147. The summed E-state index contributed by atoms with van der Waals surface area (Å²) in [6.07, 6.45) is 1.53. The molecule has 2 N–H and O–H groups in total. The van der Waals surface area contributed by atoms with Gasteiger partial charge in [-0.05, 0) is 42.5 Å². The number of sulfonamides is 1. The highest BCUT2D eigenvalue weighted by Crippen LogP contribution is 2.30. The molecule has 30 heavy (non-hydrogen) atoms. The van der Waals surface area contributed by atoms with Crippen molar-refractivity contribution in [2.45, 2.75) is 4.90 Å². The quantitative estimate of drug-likeness (QED) is 0.435. The molecular weight excluding hydrogens is 412 g/mol. The minimum atomic E-state index is -4.09. The van der Waals surface area contributed by atoms with Gasteiger partial charge in [0.15, 0.2) is 0 Å². The van der Waals surface area contributed by atoms with Gasteiger partial charge in [-0.2, -0.15) is 0 Å². The Morgan fingerprint density at radius 3 is 2.43 bits per heavy atom. The molecular formula is C19H16N4O6S. The monoisotopic (exact) mass is 428 g/mol. The fourth-order valence-electron chi connectivity index (χ4n) is 2.50. The zero-order chi connectivity index (χ0) is 21.7. The van der Waals surface area contributed by atoms with E-state index >= 15 is 0 Å². The molecule has 0 aliphatic carbocycles. The molecule has 0 fully saturated rings. The van der Waals surface area contributed by atoms with Crippen molar-refractivity contribution in [3.8, 4) is 5.75 Å². The van der Waals surface area contributed by atoms with Crippen molar-refractivity contribution in [1.29, 1.82) is 0 Å². The van der Waals surface area contributed by atoms with Crippen LogP contribution in [0.4, 0.5) is 17.2 Å². The summed E-state index contributed by atoms with van der Waals surface area (Å²) >= 11 is 0. The lowest BCUT2D eigenvalue weighted by atomic mass is 10.2. The van der Waals surface area contributed by atoms with Crippen LogP contribution in [-0.2, 0) is 10.0 Å². The number of amides is 1. The van der Waals surface area contributed by atoms with Crippen LogP contribution in [0.2, 0.25) is 0 Å². The van der Waals surface area contributed by atoms with Crippen LogP contribution >= 0.6 is 0 Å². The highest BCUT2D eigenvalue weighted by atomic mass is 32.2. The molecule has 0 unspecified atom stereocenters. The first-order valence-corrected chi connectivity index (χ1v) is 9.96. The van der Waals surface area contributed by atoms with E-state index in [4.69, 9.17) is 4.74 Å². The van der Waals surface area contributed by atoms with Gasteiger partial charge in [-0.3, -0.25) is 19.6 Å². The van der Waals surface area contributed by atoms with Crippen LogP contribution in [0.3, 0.4) is 0 Å². The van der Waals surface area contributed by atoms with E-state index in [0.29, 0.717) is 5.82 Å². The third-order valence-electron chi connectivity index (χ3n) is 3.97. The highest BCUT2D eigenvalue weighted by Gasteiger charge is 2.20. The van der Waals surface area contributed by atoms with E-state index in [9.17, 15) is 23.3 Å². The Kier molecular flexibility index (Phi) is 5.93. The summed E-state index contributed by atoms with van der Waals surface area (Å²) in [5, 5.41) is 13.6. The van der Waals surface area contributed by atoms with Crippen molar-refractivity contribution in [3.05, 3.63) is 82.5 Å². The van der Waals surface area contributed by atoms with Crippen LogP contribution in [0.1, 0.15) is 10.4 Å². The minimum Gasteiger partial charge on any atom is -0.495 e. The number of carbonyl (C=O) groups is 1. The Morgan fingerprint density at radius 2 is 1.83 bits per heavy atom. The van der Waals surface area contributed by atoms with Gasteiger partial charge in [0, 0.05) is 23.9 Å². The standard InChI is InChI=1S/C19H16N4O6S/c1-29-17-10-7-14(23(25)26)12-16(17)22-30(27,28)15-8-5-13(6-9-15)19(24)21-18-4-2-3-11-20-18/h2-12,22H,1H3,(H,20,21,24). The SMILES string of the molecule is COc1ccc([N+](=O)[O-])cc1NS(=O)(=O)c1ccc(C(=O)Nc2ccccn2)cc1. The molecule has 0 aliphatic heterocycles. The maximum Gasteiger partial charge on any atom is 0.271 e. The number of ether oxygens (including phenoxy) is 1. The molecule has 0 spiro atoms. The molecule has 0 bridgehead atoms. The van der Waals surface area contributed by atoms with Gasteiger partial charge < -0.3 is 10.1 Å². The number of nitro benzene ring substituents is 1. The van der Waals surface area contributed by atoms with Crippen molar-refractivity contribution in [2.75, 3.05) is 17.1 Å². The Labute approximate surface area is 171 Å². The number of pyridine rings is 1. The number of hydrogen-bond donors (Lipinski definition) is 2. The number of non-ortho nitro benzene ring substituents is 1. The Balaban J connectivity index is 1.81. The molecule has 10 nitrogen and oxygen atoms in total. The second kappa shape index (κ2) is 8.57. The second-order valence-corrected chi connectivity index (χ2v) is 7.62. The van der Waals surface area contributed by atoms with Gasteiger partial charge in [0.25, 0.3) is 21.6 Å². The van der Waals surface area contributed by atoms with E-state index in [-0.39, 0.29) is 27.6 Å². The molecule has 1 heterocycles. The third kappa shape index (κ3) is 4.70. The summed E-state index contributed by atoms with van der Waals surface area (Å²) in [7, 11) is -2.77.